The van der Waals surface area contributed by atoms with E-state index in [2.05, 4.69) is 10.3 Å². The Labute approximate surface area is 152 Å². The molecule has 25 heavy (non-hydrogen) atoms. The number of nitrogens with one attached hydrogen (secondary N) is 1. The number of rotatable bonds is 6. The van der Waals surface area contributed by atoms with E-state index in [4.69, 9.17) is 16.3 Å². The summed E-state index contributed by atoms with van der Waals surface area (Å²) in [6.45, 7) is 0.338. The molecule has 1 N–H and O–H groups in total. The van der Waals surface area contributed by atoms with Gasteiger partial charge in [-0.1, -0.05) is 11.6 Å². The molecule has 3 rings (SSSR count). The van der Waals surface area contributed by atoms with Gasteiger partial charge in [-0.05, 0) is 60.2 Å². The lowest BCUT2D eigenvalue weighted by Crippen LogP contribution is -2.03. The fraction of sp³-hybridized carbons (Fsp3) is 0.0556. The van der Waals surface area contributed by atoms with Crippen LogP contribution in [0.3, 0.4) is 0 Å². The van der Waals surface area contributed by atoms with Crippen LogP contribution in [0.1, 0.15) is 5.56 Å². The maximum atomic E-state index is 11.5. The Hall–Kier alpha value is -2.57. The molecule has 0 saturated carbocycles. The van der Waals surface area contributed by atoms with E-state index >= 15 is 0 Å². The summed E-state index contributed by atoms with van der Waals surface area (Å²) in [6.07, 6.45) is 3.24. The maximum Gasteiger partial charge on any atom is 0.168 e. The highest BCUT2D eigenvalue weighted by Gasteiger charge is 2.08. The van der Waals surface area contributed by atoms with Gasteiger partial charge in [-0.2, -0.15) is 0 Å². The molecule has 1 heterocycles. The molecular formula is C18H15ClN2O3S. The zero-order chi connectivity index (χ0) is 17.6. The van der Waals surface area contributed by atoms with Gasteiger partial charge in [0.1, 0.15) is 11.5 Å². The number of benzene rings is 2. The molecule has 0 bridgehead atoms. The molecule has 3 aromatic rings. The Morgan fingerprint density at radius 2 is 1.84 bits per heavy atom. The third-order valence-corrected chi connectivity index (χ3v) is 4.53. The molecule has 5 nitrogen and oxygen atoms in total. The zero-order valence-electron chi connectivity index (χ0n) is 13.1. The van der Waals surface area contributed by atoms with Crippen molar-refractivity contribution < 1.29 is 13.2 Å². The number of aromatic nitrogens is 1. The van der Waals surface area contributed by atoms with Crippen molar-refractivity contribution >= 4 is 28.0 Å². The molecule has 0 amide bonds. The summed E-state index contributed by atoms with van der Waals surface area (Å²) in [5.74, 6) is 1.12. The van der Waals surface area contributed by atoms with Gasteiger partial charge in [0.15, 0.2) is 10.7 Å². The van der Waals surface area contributed by atoms with Crippen LogP contribution in [0, 0.1) is 0 Å². The summed E-state index contributed by atoms with van der Waals surface area (Å²) >= 11 is 5.86. The molecule has 0 atom stereocenters. The molecular weight excluding hydrogens is 360 g/mol. The van der Waals surface area contributed by atoms with Crippen molar-refractivity contribution in [2.75, 3.05) is 5.32 Å². The maximum absolute atomic E-state index is 11.5. The van der Waals surface area contributed by atoms with E-state index in [-0.39, 0.29) is 4.90 Å². The SMILES string of the molecule is O=[SH](=O)c1ccc(Oc2cccnc2)cc1CNc1ccc(Cl)cc1. The van der Waals surface area contributed by atoms with Crippen LogP contribution >= 0.6 is 11.6 Å². The van der Waals surface area contributed by atoms with Crippen molar-refractivity contribution in [3.63, 3.8) is 0 Å². The second-order valence-electron chi connectivity index (χ2n) is 5.20. The predicted octanol–water partition coefficient (Wildman–Crippen LogP) is 4.11. The lowest BCUT2D eigenvalue weighted by Gasteiger charge is -2.11. The van der Waals surface area contributed by atoms with Crippen LogP contribution in [-0.2, 0) is 17.2 Å². The second kappa shape index (κ2) is 8.00. The van der Waals surface area contributed by atoms with E-state index < -0.39 is 10.7 Å². The van der Waals surface area contributed by atoms with Crippen LogP contribution in [0.4, 0.5) is 5.69 Å². The van der Waals surface area contributed by atoms with Crippen LogP contribution in [0.15, 0.2) is 71.9 Å². The van der Waals surface area contributed by atoms with E-state index in [1.165, 1.54) is 6.07 Å². The van der Waals surface area contributed by atoms with Gasteiger partial charge in [-0.15, -0.1) is 0 Å². The normalized spacial score (nSPS) is 10.6. The first-order chi connectivity index (χ1) is 12.1. The van der Waals surface area contributed by atoms with Crippen LogP contribution in [0.2, 0.25) is 5.02 Å². The average molecular weight is 375 g/mol. The molecule has 2 aromatic carbocycles. The van der Waals surface area contributed by atoms with E-state index in [0.29, 0.717) is 28.6 Å². The fourth-order valence-corrected chi connectivity index (χ4v) is 2.95. The van der Waals surface area contributed by atoms with E-state index in [9.17, 15) is 8.42 Å². The van der Waals surface area contributed by atoms with Gasteiger partial charge < -0.3 is 10.1 Å². The Morgan fingerprint density at radius 3 is 2.52 bits per heavy atom. The molecule has 128 valence electrons. The Bertz CT molecular complexity index is 921. The number of thiol groups is 1. The molecule has 0 aliphatic rings. The highest BCUT2D eigenvalue weighted by atomic mass is 35.5. The monoisotopic (exact) mass is 374 g/mol. The van der Waals surface area contributed by atoms with E-state index in [1.807, 2.05) is 12.1 Å². The van der Waals surface area contributed by atoms with Crippen molar-refractivity contribution in [2.24, 2.45) is 0 Å². The molecule has 7 heteroatoms. The number of hydrogen-bond acceptors (Lipinski definition) is 5. The van der Waals surface area contributed by atoms with Gasteiger partial charge in [-0.3, -0.25) is 4.98 Å². The minimum atomic E-state index is -2.70. The van der Waals surface area contributed by atoms with Crippen LogP contribution in [0.25, 0.3) is 0 Å². The largest absolute Gasteiger partial charge is 0.456 e. The van der Waals surface area contributed by atoms with Crippen LogP contribution in [-0.4, -0.2) is 13.4 Å². The molecule has 1 aromatic heterocycles. The first-order valence-electron chi connectivity index (χ1n) is 7.46. The fourth-order valence-electron chi connectivity index (χ4n) is 2.25. The van der Waals surface area contributed by atoms with Gasteiger partial charge in [0, 0.05) is 23.5 Å². The number of pyridine rings is 1. The summed E-state index contributed by atoms with van der Waals surface area (Å²) < 4.78 is 28.7. The van der Waals surface area contributed by atoms with Gasteiger partial charge in [0.2, 0.25) is 0 Å². The number of anilines is 1. The third-order valence-electron chi connectivity index (χ3n) is 3.44. The number of hydrogen-bond donors (Lipinski definition) is 2. The third kappa shape index (κ3) is 4.71. The molecule has 0 spiro atoms. The minimum absolute atomic E-state index is 0.259. The summed E-state index contributed by atoms with van der Waals surface area (Å²) in [4.78, 5) is 4.25. The standard InChI is InChI=1S/C18H15ClN2O3S/c19-14-3-5-15(6-4-14)21-11-13-10-16(7-8-18(13)25(22)23)24-17-2-1-9-20-12-17/h1-10,12,21,25H,11H2. The quantitative estimate of drug-likeness (QED) is 0.635. The van der Waals surface area contributed by atoms with Crippen molar-refractivity contribution in [3.8, 4) is 11.5 Å². The van der Waals surface area contributed by atoms with Crippen molar-refractivity contribution in [2.45, 2.75) is 11.4 Å². The zero-order valence-corrected chi connectivity index (χ0v) is 14.7. The van der Waals surface area contributed by atoms with Gasteiger partial charge in [0.05, 0.1) is 11.1 Å². The number of ether oxygens (including phenoxy) is 1. The molecule has 0 radical (unpaired) electrons. The van der Waals surface area contributed by atoms with Crippen LogP contribution in [0.5, 0.6) is 11.5 Å². The molecule has 0 aliphatic heterocycles. The lowest BCUT2D eigenvalue weighted by atomic mass is 10.2. The Morgan fingerprint density at radius 1 is 1.04 bits per heavy atom. The van der Waals surface area contributed by atoms with Crippen LogP contribution < -0.4 is 10.1 Å². The lowest BCUT2D eigenvalue weighted by molar-refractivity contribution is 0.479. The smallest absolute Gasteiger partial charge is 0.168 e. The molecule has 0 unspecified atom stereocenters. The first kappa shape index (κ1) is 17.3. The molecule has 0 saturated heterocycles. The number of nitrogens with zero attached hydrogens (tertiary/aromatic N) is 1. The van der Waals surface area contributed by atoms with Crippen molar-refractivity contribution in [1.82, 2.24) is 4.98 Å². The molecule has 0 fully saturated rings. The first-order valence-corrected chi connectivity index (χ1v) is 9.02. The predicted molar refractivity (Wildman–Crippen MR) is 98.1 cm³/mol. The summed E-state index contributed by atoms with van der Waals surface area (Å²) in [6, 6.07) is 15.6. The van der Waals surface area contributed by atoms with E-state index in [1.54, 1.807) is 48.8 Å². The average Bonchev–Trinajstić information content (AvgIpc) is 2.62. The Kier molecular flexibility index (Phi) is 5.53. The molecule has 0 aliphatic carbocycles. The highest BCUT2D eigenvalue weighted by molar-refractivity contribution is 7.72. The topological polar surface area (TPSA) is 68.3 Å². The summed E-state index contributed by atoms with van der Waals surface area (Å²) in [7, 11) is -2.70. The minimum Gasteiger partial charge on any atom is -0.456 e. The summed E-state index contributed by atoms with van der Waals surface area (Å²) in [5, 5.41) is 3.82. The van der Waals surface area contributed by atoms with E-state index in [0.717, 1.165) is 5.69 Å². The Balaban J connectivity index is 1.82. The second-order valence-corrected chi connectivity index (χ2v) is 6.63. The van der Waals surface area contributed by atoms with Gasteiger partial charge in [-0.25, -0.2) is 8.42 Å². The number of halogens is 1. The van der Waals surface area contributed by atoms with Crippen molar-refractivity contribution in [1.29, 1.82) is 0 Å². The van der Waals surface area contributed by atoms with Gasteiger partial charge in [0.25, 0.3) is 0 Å². The van der Waals surface area contributed by atoms with Crippen molar-refractivity contribution in [3.05, 3.63) is 77.6 Å². The van der Waals surface area contributed by atoms with Gasteiger partial charge >= 0.3 is 0 Å². The highest BCUT2D eigenvalue weighted by Crippen LogP contribution is 2.25. The summed E-state index contributed by atoms with van der Waals surface area (Å²) in [5.41, 5.74) is 1.46.